The van der Waals surface area contributed by atoms with Crippen LogP contribution in [0.3, 0.4) is 0 Å². The van der Waals surface area contributed by atoms with E-state index in [-0.39, 0.29) is 30.2 Å². The van der Waals surface area contributed by atoms with Crippen LogP contribution in [-0.4, -0.2) is 42.3 Å². The van der Waals surface area contributed by atoms with Gasteiger partial charge in [0, 0.05) is 29.4 Å². The molecule has 7 heteroatoms. The lowest BCUT2D eigenvalue weighted by Crippen LogP contribution is -2.46. The molecule has 0 saturated carbocycles. The molecule has 27 heavy (non-hydrogen) atoms. The van der Waals surface area contributed by atoms with E-state index in [9.17, 15) is 14.4 Å². The van der Waals surface area contributed by atoms with Crippen molar-refractivity contribution in [2.45, 2.75) is 19.4 Å². The molecule has 3 amide bonds. The zero-order valence-corrected chi connectivity index (χ0v) is 15.8. The number of nitrogens with zero attached hydrogens (tertiary/aromatic N) is 1. The van der Waals surface area contributed by atoms with Crippen molar-refractivity contribution in [1.82, 2.24) is 15.5 Å². The predicted molar refractivity (Wildman–Crippen MR) is 104 cm³/mol. The van der Waals surface area contributed by atoms with Crippen LogP contribution in [0.2, 0.25) is 0 Å². The van der Waals surface area contributed by atoms with E-state index in [2.05, 4.69) is 10.6 Å². The van der Waals surface area contributed by atoms with Crippen LogP contribution in [0.1, 0.15) is 28.1 Å². The van der Waals surface area contributed by atoms with Gasteiger partial charge in [-0.1, -0.05) is 24.3 Å². The standard InChI is InChI=1S/C20H23N3O3S/c24-18(14-22-19(25)15-5-2-1-3-6-15)23-10-8-16(9-11-23)20(26)21-13-17-7-4-12-27-17/h1-7,12,16H,8-11,13-14H2,(H,21,26)(H,22,25). The highest BCUT2D eigenvalue weighted by molar-refractivity contribution is 7.09. The summed E-state index contributed by atoms with van der Waals surface area (Å²) >= 11 is 1.62. The molecule has 2 N–H and O–H groups in total. The quantitative estimate of drug-likeness (QED) is 0.799. The number of carbonyl (C=O) groups excluding carboxylic acids is 3. The Kier molecular flexibility index (Phi) is 6.59. The molecule has 0 spiro atoms. The lowest BCUT2D eigenvalue weighted by atomic mass is 9.96. The van der Waals surface area contributed by atoms with E-state index in [1.165, 1.54) is 0 Å². The van der Waals surface area contributed by atoms with Crippen molar-refractivity contribution in [2.75, 3.05) is 19.6 Å². The highest BCUT2D eigenvalue weighted by atomic mass is 32.1. The number of nitrogens with one attached hydrogen (secondary N) is 2. The molecule has 0 radical (unpaired) electrons. The molecule has 2 aromatic rings. The van der Waals surface area contributed by atoms with Gasteiger partial charge in [0.2, 0.25) is 11.8 Å². The Bertz CT molecular complexity index is 769. The number of amides is 3. The summed E-state index contributed by atoms with van der Waals surface area (Å²) in [6.07, 6.45) is 1.29. The number of carbonyl (C=O) groups is 3. The molecule has 0 aliphatic carbocycles. The molecule has 2 heterocycles. The van der Waals surface area contributed by atoms with E-state index in [4.69, 9.17) is 0 Å². The van der Waals surface area contributed by atoms with Gasteiger partial charge in [-0.2, -0.15) is 0 Å². The Morgan fingerprint density at radius 2 is 1.74 bits per heavy atom. The average molecular weight is 385 g/mol. The van der Waals surface area contributed by atoms with Gasteiger partial charge in [-0.3, -0.25) is 14.4 Å². The second-order valence-corrected chi connectivity index (χ2v) is 7.53. The highest BCUT2D eigenvalue weighted by Gasteiger charge is 2.27. The van der Waals surface area contributed by atoms with E-state index < -0.39 is 0 Å². The number of benzene rings is 1. The highest BCUT2D eigenvalue weighted by Crippen LogP contribution is 2.18. The molecule has 6 nitrogen and oxygen atoms in total. The fraction of sp³-hybridized carbons (Fsp3) is 0.350. The smallest absolute Gasteiger partial charge is 0.251 e. The molecule has 142 valence electrons. The zero-order chi connectivity index (χ0) is 19.1. The molecule has 1 fully saturated rings. The number of rotatable bonds is 6. The maximum absolute atomic E-state index is 12.3. The topological polar surface area (TPSA) is 78.5 Å². The summed E-state index contributed by atoms with van der Waals surface area (Å²) in [6.45, 7) is 1.61. The molecular weight excluding hydrogens is 362 g/mol. The molecule has 0 unspecified atom stereocenters. The van der Waals surface area contributed by atoms with Crippen LogP contribution in [-0.2, 0) is 16.1 Å². The van der Waals surface area contributed by atoms with E-state index in [0.29, 0.717) is 38.0 Å². The van der Waals surface area contributed by atoms with Gasteiger partial charge in [0.15, 0.2) is 0 Å². The van der Waals surface area contributed by atoms with Crippen LogP contribution >= 0.6 is 11.3 Å². The molecule has 1 aliphatic heterocycles. The molecule has 1 aromatic heterocycles. The minimum atomic E-state index is -0.258. The van der Waals surface area contributed by atoms with Crippen molar-refractivity contribution in [3.63, 3.8) is 0 Å². The lowest BCUT2D eigenvalue weighted by molar-refractivity contribution is -0.134. The van der Waals surface area contributed by atoms with Gasteiger partial charge in [-0.15, -0.1) is 11.3 Å². The third kappa shape index (κ3) is 5.40. The third-order valence-corrected chi connectivity index (χ3v) is 5.55. The van der Waals surface area contributed by atoms with Gasteiger partial charge in [0.05, 0.1) is 13.1 Å². The van der Waals surface area contributed by atoms with Gasteiger partial charge in [-0.25, -0.2) is 0 Å². The number of hydrogen-bond donors (Lipinski definition) is 2. The Morgan fingerprint density at radius 3 is 2.41 bits per heavy atom. The Balaban J connectivity index is 1.38. The molecule has 1 aliphatic rings. The second-order valence-electron chi connectivity index (χ2n) is 6.50. The maximum Gasteiger partial charge on any atom is 0.251 e. The van der Waals surface area contributed by atoms with Gasteiger partial charge >= 0.3 is 0 Å². The number of hydrogen-bond acceptors (Lipinski definition) is 4. The van der Waals surface area contributed by atoms with Crippen molar-refractivity contribution >= 4 is 29.1 Å². The summed E-state index contributed by atoms with van der Waals surface area (Å²) in [4.78, 5) is 39.4. The minimum absolute atomic E-state index is 0.0248. The number of thiophene rings is 1. The molecule has 0 atom stereocenters. The van der Waals surface area contributed by atoms with E-state index >= 15 is 0 Å². The predicted octanol–water partition coefficient (Wildman–Crippen LogP) is 2.03. The SMILES string of the molecule is O=C(NCC(=O)N1CCC(C(=O)NCc2cccs2)CC1)c1ccccc1. The van der Waals surface area contributed by atoms with Gasteiger partial charge in [0.1, 0.15) is 0 Å². The van der Waals surface area contributed by atoms with Crippen LogP contribution in [0.5, 0.6) is 0 Å². The fourth-order valence-corrected chi connectivity index (χ4v) is 3.73. The fourth-order valence-electron chi connectivity index (χ4n) is 3.08. The van der Waals surface area contributed by atoms with Crippen molar-refractivity contribution in [3.05, 3.63) is 58.3 Å². The minimum Gasteiger partial charge on any atom is -0.351 e. The normalized spacial score (nSPS) is 14.6. The van der Waals surface area contributed by atoms with E-state index in [1.54, 1.807) is 40.5 Å². The molecule has 3 rings (SSSR count). The second kappa shape index (κ2) is 9.32. The molecule has 1 aromatic carbocycles. The monoisotopic (exact) mass is 385 g/mol. The van der Waals surface area contributed by atoms with Crippen LogP contribution in [0.25, 0.3) is 0 Å². The maximum atomic E-state index is 12.3. The summed E-state index contributed by atoms with van der Waals surface area (Å²) in [5.74, 6) is -0.385. The first kappa shape index (κ1) is 19.1. The van der Waals surface area contributed by atoms with Gasteiger partial charge < -0.3 is 15.5 Å². The largest absolute Gasteiger partial charge is 0.351 e. The zero-order valence-electron chi connectivity index (χ0n) is 15.0. The van der Waals surface area contributed by atoms with Gasteiger partial charge in [0.25, 0.3) is 5.91 Å². The number of likely N-dealkylation sites (tertiary alicyclic amines) is 1. The summed E-state index contributed by atoms with van der Waals surface area (Å²) in [7, 11) is 0. The van der Waals surface area contributed by atoms with Gasteiger partial charge in [-0.05, 0) is 36.4 Å². The van der Waals surface area contributed by atoms with Crippen molar-refractivity contribution in [2.24, 2.45) is 5.92 Å². The first-order valence-electron chi connectivity index (χ1n) is 9.04. The van der Waals surface area contributed by atoms with Crippen molar-refractivity contribution in [1.29, 1.82) is 0 Å². The first-order valence-corrected chi connectivity index (χ1v) is 9.92. The molecule has 0 bridgehead atoms. The Morgan fingerprint density at radius 1 is 1.00 bits per heavy atom. The average Bonchev–Trinajstić information content (AvgIpc) is 3.24. The van der Waals surface area contributed by atoms with E-state index in [0.717, 1.165) is 4.88 Å². The first-order chi connectivity index (χ1) is 13.1. The third-order valence-electron chi connectivity index (χ3n) is 4.67. The summed E-state index contributed by atoms with van der Waals surface area (Å²) in [5, 5.41) is 7.61. The summed E-state index contributed by atoms with van der Waals surface area (Å²) in [5.41, 5.74) is 0.534. The van der Waals surface area contributed by atoms with Crippen LogP contribution < -0.4 is 10.6 Å². The van der Waals surface area contributed by atoms with Crippen LogP contribution in [0.4, 0.5) is 0 Å². The Hall–Kier alpha value is -2.67. The molecule has 1 saturated heterocycles. The van der Waals surface area contributed by atoms with E-state index in [1.807, 2.05) is 23.6 Å². The molecular formula is C20H23N3O3S. The Labute approximate surface area is 162 Å². The summed E-state index contributed by atoms with van der Waals surface area (Å²) < 4.78 is 0. The summed E-state index contributed by atoms with van der Waals surface area (Å²) in [6, 6.07) is 12.8. The van der Waals surface area contributed by atoms with Crippen molar-refractivity contribution < 1.29 is 14.4 Å². The number of piperidine rings is 1. The van der Waals surface area contributed by atoms with Crippen LogP contribution in [0.15, 0.2) is 47.8 Å². The van der Waals surface area contributed by atoms with Crippen LogP contribution in [0, 0.1) is 5.92 Å². The lowest BCUT2D eigenvalue weighted by Gasteiger charge is -2.31. The van der Waals surface area contributed by atoms with Crippen molar-refractivity contribution in [3.8, 4) is 0 Å².